The minimum atomic E-state index is 0.196. The van der Waals surface area contributed by atoms with Gasteiger partial charge in [0.05, 0.1) is 22.4 Å². The van der Waals surface area contributed by atoms with Crippen molar-refractivity contribution < 1.29 is 0 Å². The lowest BCUT2D eigenvalue weighted by Gasteiger charge is -2.14. The first kappa shape index (κ1) is 11.4. The molecule has 3 nitrogen and oxygen atoms in total. The summed E-state index contributed by atoms with van der Waals surface area (Å²) < 4.78 is 2.96. The highest BCUT2D eigenvalue weighted by molar-refractivity contribution is 9.10. The van der Waals surface area contributed by atoms with Crippen molar-refractivity contribution in [3.63, 3.8) is 0 Å². The normalized spacial score (nSPS) is 12.7. The standard InChI is InChI=1S/C12H14BrN3/c1-9(7-14)16-12(11(13)8-15-16)10-5-3-2-4-6-10/h2-6,8-9H,7,14H2,1H3. The van der Waals surface area contributed by atoms with Gasteiger partial charge in [-0.15, -0.1) is 0 Å². The molecule has 0 fully saturated rings. The molecule has 1 aromatic heterocycles. The summed E-state index contributed by atoms with van der Waals surface area (Å²) in [5, 5.41) is 4.35. The molecule has 1 aromatic carbocycles. The molecule has 0 spiro atoms. The van der Waals surface area contributed by atoms with E-state index in [0.717, 1.165) is 15.7 Å². The number of aromatic nitrogens is 2. The van der Waals surface area contributed by atoms with Crippen LogP contribution in [0.2, 0.25) is 0 Å². The van der Waals surface area contributed by atoms with Gasteiger partial charge in [-0.1, -0.05) is 30.3 Å². The molecule has 0 aliphatic rings. The van der Waals surface area contributed by atoms with Crippen LogP contribution in [0, 0.1) is 0 Å². The minimum absolute atomic E-state index is 0.196. The van der Waals surface area contributed by atoms with E-state index in [9.17, 15) is 0 Å². The van der Waals surface area contributed by atoms with Crippen LogP contribution in [0.3, 0.4) is 0 Å². The Hall–Kier alpha value is -1.13. The van der Waals surface area contributed by atoms with E-state index in [-0.39, 0.29) is 6.04 Å². The van der Waals surface area contributed by atoms with Crippen LogP contribution in [0.1, 0.15) is 13.0 Å². The molecule has 4 heteroatoms. The predicted molar refractivity (Wildman–Crippen MR) is 69.1 cm³/mol. The van der Waals surface area contributed by atoms with E-state index in [1.54, 1.807) is 0 Å². The predicted octanol–water partition coefficient (Wildman–Crippen LogP) is 2.83. The molecule has 1 heterocycles. The van der Waals surface area contributed by atoms with Crippen molar-refractivity contribution in [3.8, 4) is 11.3 Å². The van der Waals surface area contributed by atoms with Gasteiger partial charge in [0.25, 0.3) is 0 Å². The Morgan fingerprint density at radius 3 is 2.69 bits per heavy atom. The van der Waals surface area contributed by atoms with Gasteiger partial charge in [-0.05, 0) is 22.9 Å². The van der Waals surface area contributed by atoms with Crippen LogP contribution in [-0.2, 0) is 0 Å². The second-order valence-electron chi connectivity index (χ2n) is 3.74. The summed E-state index contributed by atoms with van der Waals surface area (Å²) in [5.41, 5.74) is 7.91. The van der Waals surface area contributed by atoms with E-state index in [4.69, 9.17) is 5.73 Å². The average Bonchev–Trinajstić information content (AvgIpc) is 2.71. The number of rotatable bonds is 3. The molecule has 16 heavy (non-hydrogen) atoms. The summed E-state index contributed by atoms with van der Waals surface area (Å²) in [6.07, 6.45) is 1.81. The fourth-order valence-corrected chi connectivity index (χ4v) is 2.14. The Bertz CT molecular complexity index is 464. The molecule has 1 unspecified atom stereocenters. The molecule has 2 N–H and O–H groups in total. The van der Waals surface area contributed by atoms with Crippen LogP contribution in [0.4, 0.5) is 0 Å². The van der Waals surface area contributed by atoms with E-state index >= 15 is 0 Å². The van der Waals surface area contributed by atoms with Crippen molar-refractivity contribution in [1.82, 2.24) is 9.78 Å². The molecule has 0 saturated heterocycles. The summed E-state index contributed by atoms with van der Waals surface area (Å²) in [6.45, 7) is 2.64. The van der Waals surface area contributed by atoms with E-state index in [1.165, 1.54) is 0 Å². The van der Waals surface area contributed by atoms with Gasteiger partial charge in [0.1, 0.15) is 0 Å². The summed E-state index contributed by atoms with van der Waals surface area (Å²) in [4.78, 5) is 0. The maximum atomic E-state index is 5.68. The topological polar surface area (TPSA) is 43.8 Å². The van der Waals surface area contributed by atoms with Crippen molar-refractivity contribution in [3.05, 3.63) is 41.0 Å². The number of hydrogen-bond acceptors (Lipinski definition) is 2. The fraction of sp³-hybridized carbons (Fsp3) is 0.250. The van der Waals surface area contributed by atoms with Crippen molar-refractivity contribution in [2.45, 2.75) is 13.0 Å². The molecule has 84 valence electrons. The molecule has 2 rings (SSSR count). The molecule has 0 bridgehead atoms. The van der Waals surface area contributed by atoms with Crippen molar-refractivity contribution in [1.29, 1.82) is 0 Å². The molecule has 0 saturated carbocycles. The second-order valence-corrected chi connectivity index (χ2v) is 4.59. The van der Waals surface area contributed by atoms with Gasteiger partial charge in [0.15, 0.2) is 0 Å². The third kappa shape index (κ3) is 2.03. The van der Waals surface area contributed by atoms with Gasteiger partial charge in [-0.2, -0.15) is 5.10 Å². The quantitative estimate of drug-likeness (QED) is 0.939. The van der Waals surface area contributed by atoms with Gasteiger partial charge in [-0.3, -0.25) is 4.68 Å². The summed E-state index contributed by atoms with van der Waals surface area (Å²) in [5.74, 6) is 0. The van der Waals surface area contributed by atoms with Gasteiger partial charge in [0, 0.05) is 12.1 Å². The first-order chi connectivity index (χ1) is 7.74. The van der Waals surface area contributed by atoms with Crippen LogP contribution in [-0.4, -0.2) is 16.3 Å². The number of hydrogen-bond donors (Lipinski definition) is 1. The Labute approximate surface area is 103 Å². The zero-order valence-electron chi connectivity index (χ0n) is 9.10. The molecule has 0 aliphatic heterocycles. The highest BCUT2D eigenvalue weighted by Gasteiger charge is 2.14. The Morgan fingerprint density at radius 1 is 1.38 bits per heavy atom. The zero-order valence-corrected chi connectivity index (χ0v) is 10.7. The summed E-state index contributed by atoms with van der Waals surface area (Å²) >= 11 is 3.53. The minimum Gasteiger partial charge on any atom is -0.328 e. The summed E-state index contributed by atoms with van der Waals surface area (Å²) in [7, 11) is 0. The van der Waals surface area contributed by atoms with Crippen LogP contribution >= 0.6 is 15.9 Å². The van der Waals surface area contributed by atoms with Gasteiger partial charge in [0.2, 0.25) is 0 Å². The van der Waals surface area contributed by atoms with E-state index in [0.29, 0.717) is 6.54 Å². The molecule has 0 radical (unpaired) electrons. The van der Waals surface area contributed by atoms with Crippen molar-refractivity contribution in [2.75, 3.05) is 6.54 Å². The lowest BCUT2D eigenvalue weighted by Crippen LogP contribution is -2.17. The number of nitrogens with two attached hydrogens (primary N) is 1. The molecule has 1 atom stereocenters. The molecular weight excluding hydrogens is 266 g/mol. The maximum absolute atomic E-state index is 5.68. The third-order valence-corrected chi connectivity index (χ3v) is 3.14. The zero-order chi connectivity index (χ0) is 11.5. The average molecular weight is 280 g/mol. The lowest BCUT2D eigenvalue weighted by atomic mass is 10.1. The van der Waals surface area contributed by atoms with Crippen LogP contribution in [0.15, 0.2) is 41.0 Å². The Kier molecular flexibility index (Phi) is 3.41. The highest BCUT2D eigenvalue weighted by Crippen LogP contribution is 2.29. The van der Waals surface area contributed by atoms with Gasteiger partial charge < -0.3 is 5.73 Å². The SMILES string of the molecule is CC(CN)n1ncc(Br)c1-c1ccccc1. The number of nitrogens with zero attached hydrogens (tertiary/aromatic N) is 2. The van der Waals surface area contributed by atoms with Crippen molar-refractivity contribution in [2.24, 2.45) is 5.73 Å². The second kappa shape index (κ2) is 4.80. The van der Waals surface area contributed by atoms with E-state index < -0.39 is 0 Å². The van der Waals surface area contributed by atoms with E-state index in [1.807, 2.05) is 29.1 Å². The largest absolute Gasteiger partial charge is 0.328 e. The first-order valence-corrected chi connectivity index (χ1v) is 6.02. The molecular formula is C12H14BrN3. The van der Waals surface area contributed by atoms with Gasteiger partial charge >= 0.3 is 0 Å². The number of halogens is 1. The molecule has 2 aromatic rings. The van der Waals surface area contributed by atoms with Crippen LogP contribution in [0.5, 0.6) is 0 Å². The summed E-state index contributed by atoms with van der Waals surface area (Å²) in [6, 6.07) is 10.4. The Balaban J connectivity index is 2.52. The fourth-order valence-electron chi connectivity index (χ4n) is 1.64. The monoisotopic (exact) mass is 279 g/mol. The van der Waals surface area contributed by atoms with Crippen LogP contribution < -0.4 is 5.73 Å². The molecule has 0 aliphatic carbocycles. The number of benzene rings is 1. The highest BCUT2D eigenvalue weighted by atomic mass is 79.9. The van der Waals surface area contributed by atoms with Gasteiger partial charge in [-0.25, -0.2) is 0 Å². The smallest absolute Gasteiger partial charge is 0.0828 e. The Morgan fingerprint density at radius 2 is 2.06 bits per heavy atom. The lowest BCUT2D eigenvalue weighted by molar-refractivity contribution is 0.506. The molecule has 0 amide bonds. The van der Waals surface area contributed by atoms with E-state index in [2.05, 4.69) is 40.1 Å². The van der Waals surface area contributed by atoms with Crippen molar-refractivity contribution >= 4 is 15.9 Å². The third-order valence-electron chi connectivity index (χ3n) is 2.56. The van der Waals surface area contributed by atoms with Crippen LogP contribution in [0.25, 0.3) is 11.3 Å². The maximum Gasteiger partial charge on any atom is 0.0828 e. The first-order valence-electron chi connectivity index (χ1n) is 5.22.